The van der Waals surface area contributed by atoms with Crippen LogP contribution in [0.15, 0.2) is 24.3 Å². The Balaban J connectivity index is 2.63. The van der Waals surface area contributed by atoms with Crippen molar-refractivity contribution < 1.29 is 19.2 Å². The summed E-state index contributed by atoms with van der Waals surface area (Å²) in [5.41, 5.74) is 0.849. The highest BCUT2D eigenvalue weighted by molar-refractivity contribution is 8.03. The second kappa shape index (κ2) is 9.21. The Bertz CT molecular complexity index is 656. The van der Waals surface area contributed by atoms with Gasteiger partial charge in [-0.05, 0) is 24.6 Å². The molecule has 0 bridgehead atoms. The number of hydrogen-bond donors (Lipinski definition) is 0. The minimum absolute atomic E-state index is 0.0360. The van der Waals surface area contributed by atoms with Gasteiger partial charge < -0.3 is 9.47 Å². The molecule has 0 unspecified atom stereocenters. The van der Waals surface area contributed by atoms with E-state index in [1.807, 2.05) is 6.92 Å². The zero-order chi connectivity index (χ0) is 20.1. The van der Waals surface area contributed by atoms with E-state index in [4.69, 9.17) is 9.47 Å². The van der Waals surface area contributed by atoms with Crippen LogP contribution in [0.1, 0.15) is 39.4 Å². The zero-order valence-electron chi connectivity index (χ0n) is 16.5. The molecule has 0 aliphatic carbocycles. The molecule has 1 heterocycles. The zero-order valence-corrected chi connectivity index (χ0v) is 18.3. The fourth-order valence-electron chi connectivity index (χ4n) is 4.25. The van der Waals surface area contributed by atoms with Crippen molar-refractivity contribution in [2.24, 2.45) is 0 Å². The third-order valence-corrected chi connectivity index (χ3v) is 14.9. The van der Waals surface area contributed by atoms with Crippen LogP contribution in [0.2, 0.25) is 18.1 Å². The lowest BCUT2D eigenvalue weighted by atomic mass is 10.0. The van der Waals surface area contributed by atoms with E-state index in [1.165, 1.54) is 12.1 Å². The van der Waals surface area contributed by atoms with E-state index in [9.17, 15) is 14.9 Å². The highest BCUT2D eigenvalue weighted by atomic mass is 32.2. The third-order valence-electron chi connectivity index (χ3n) is 5.87. The molecule has 0 aromatic heterocycles. The molecule has 8 heteroatoms. The van der Waals surface area contributed by atoms with Crippen molar-refractivity contribution in [3.63, 3.8) is 0 Å². The minimum atomic E-state index is -2.12. The van der Waals surface area contributed by atoms with E-state index in [0.29, 0.717) is 13.2 Å². The lowest BCUT2D eigenvalue weighted by Crippen LogP contribution is -2.65. The van der Waals surface area contributed by atoms with Crippen molar-refractivity contribution in [2.45, 2.75) is 56.3 Å². The average Bonchev–Trinajstić information content (AvgIpc) is 2.70. The summed E-state index contributed by atoms with van der Waals surface area (Å²) in [6.45, 7) is 9.21. The molecule has 27 heavy (non-hydrogen) atoms. The van der Waals surface area contributed by atoms with E-state index in [2.05, 4.69) is 20.8 Å². The topological polar surface area (TPSA) is 78.7 Å². The van der Waals surface area contributed by atoms with E-state index in [1.54, 1.807) is 23.9 Å². The van der Waals surface area contributed by atoms with Gasteiger partial charge in [0.2, 0.25) is 0 Å². The van der Waals surface area contributed by atoms with Gasteiger partial charge >= 0.3 is 5.97 Å². The molecule has 0 spiro atoms. The molecule has 1 saturated heterocycles. The second-order valence-corrected chi connectivity index (χ2v) is 13.9. The van der Waals surface area contributed by atoms with Gasteiger partial charge in [-0.3, -0.25) is 14.9 Å². The van der Waals surface area contributed by atoms with Crippen LogP contribution in [0.25, 0.3) is 0 Å². The summed E-state index contributed by atoms with van der Waals surface area (Å²) in [6, 6.07) is 9.30. The summed E-state index contributed by atoms with van der Waals surface area (Å²) >= 11 is 1.68. The first kappa shape index (κ1) is 21.9. The quantitative estimate of drug-likeness (QED) is 0.266. The molecule has 1 fully saturated rings. The summed E-state index contributed by atoms with van der Waals surface area (Å²) in [5, 5.41) is 11.0. The minimum Gasteiger partial charge on any atom is -0.465 e. The second-order valence-electron chi connectivity index (χ2n) is 6.75. The average molecular weight is 412 g/mol. The van der Waals surface area contributed by atoms with Crippen molar-refractivity contribution in [1.82, 2.24) is 0 Å². The smallest absolute Gasteiger partial charge is 0.322 e. The summed E-state index contributed by atoms with van der Waals surface area (Å²) < 4.78 is 11.1. The molecule has 0 radical (unpaired) electrons. The molecule has 1 aliphatic rings. The van der Waals surface area contributed by atoms with Crippen molar-refractivity contribution in [2.75, 3.05) is 19.0 Å². The Labute approximate surface area is 166 Å². The SMILES string of the molecule is CCOC(=O)[C@]1([Si](CC)(CC)CC)SCCO[C@H]1c1ccc([N+](=O)[O-])cc1. The van der Waals surface area contributed by atoms with Crippen LogP contribution in [0.4, 0.5) is 5.69 Å². The van der Waals surface area contributed by atoms with Crippen LogP contribution in [0.5, 0.6) is 0 Å². The Kier molecular flexibility index (Phi) is 7.47. The number of nitro benzene ring substituents is 1. The monoisotopic (exact) mass is 411 g/mol. The van der Waals surface area contributed by atoms with Gasteiger partial charge in [0.25, 0.3) is 5.69 Å². The lowest BCUT2D eigenvalue weighted by molar-refractivity contribution is -0.384. The molecule has 150 valence electrons. The van der Waals surface area contributed by atoms with Gasteiger partial charge in [0.15, 0.2) is 0 Å². The normalized spacial score (nSPS) is 23.0. The van der Waals surface area contributed by atoms with E-state index in [0.717, 1.165) is 29.4 Å². The summed E-state index contributed by atoms with van der Waals surface area (Å²) in [6.07, 6.45) is -0.442. The number of nitrogens with zero attached hydrogens (tertiary/aromatic N) is 1. The summed E-state index contributed by atoms with van der Waals surface area (Å²) in [4.78, 5) is 24.0. The number of ether oxygens (including phenoxy) is 2. The third kappa shape index (κ3) is 3.79. The molecule has 0 N–H and O–H groups in total. The Morgan fingerprint density at radius 1 is 1.26 bits per heavy atom. The molecule has 2 atom stereocenters. The van der Waals surface area contributed by atoms with Crippen molar-refractivity contribution in [1.29, 1.82) is 0 Å². The molecular weight excluding hydrogens is 382 g/mol. The number of nitro groups is 1. The predicted molar refractivity (Wildman–Crippen MR) is 111 cm³/mol. The maximum Gasteiger partial charge on any atom is 0.322 e. The standard InChI is InChI=1S/C19H29NO5SSi/c1-5-24-18(21)19(27(6-2,7-3)8-4)17(25-13-14-26-19)15-9-11-16(12-10-15)20(22)23/h9-12,17H,5-8,13-14H2,1-4H3/t17-,19-/m0/s1. The van der Waals surface area contributed by atoms with Gasteiger partial charge in [-0.1, -0.05) is 38.9 Å². The van der Waals surface area contributed by atoms with Gasteiger partial charge in [0, 0.05) is 17.9 Å². The van der Waals surface area contributed by atoms with Gasteiger partial charge in [0.1, 0.15) is 10.5 Å². The predicted octanol–water partition coefficient (Wildman–Crippen LogP) is 4.75. The lowest BCUT2D eigenvalue weighted by Gasteiger charge is -2.52. The van der Waals surface area contributed by atoms with Crippen LogP contribution < -0.4 is 0 Å². The van der Waals surface area contributed by atoms with Crippen LogP contribution in [0.3, 0.4) is 0 Å². The van der Waals surface area contributed by atoms with Crippen LogP contribution in [0, 0.1) is 10.1 Å². The number of carbonyl (C=O) groups is 1. The van der Waals surface area contributed by atoms with Gasteiger partial charge in [0.05, 0.1) is 26.2 Å². The molecule has 1 aliphatic heterocycles. The Morgan fingerprint density at radius 3 is 2.33 bits per heavy atom. The Morgan fingerprint density at radius 2 is 1.85 bits per heavy atom. The first-order valence-electron chi connectivity index (χ1n) is 9.59. The number of non-ortho nitro benzene ring substituents is 1. The number of thioether (sulfide) groups is 1. The molecule has 1 aromatic rings. The van der Waals surface area contributed by atoms with Crippen LogP contribution >= 0.6 is 11.8 Å². The van der Waals surface area contributed by atoms with Crippen molar-refractivity contribution in [3.05, 3.63) is 39.9 Å². The molecule has 0 saturated carbocycles. The van der Waals surface area contributed by atoms with E-state index in [-0.39, 0.29) is 11.7 Å². The largest absolute Gasteiger partial charge is 0.465 e. The number of hydrogen-bond acceptors (Lipinski definition) is 6. The fraction of sp³-hybridized carbons (Fsp3) is 0.632. The van der Waals surface area contributed by atoms with Crippen LogP contribution in [-0.2, 0) is 14.3 Å². The first-order valence-corrected chi connectivity index (χ1v) is 13.2. The molecule has 1 aromatic carbocycles. The number of benzene rings is 1. The van der Waals surface area contributed by atoms with Crippen molar-refractivity contribution >= 4 is 31.5 Å². The van der Waals surface area contributed by atoms with E-state index >= 15 is 0 Å². The number of carbonyl (C=O) groups excluding carboxylic acids is 1. The van der Waals surface area contributed by atoms with Crippen LogP contribution in [-0.4, -0.2) is 42.3 Å². The number of rotatable bonds is 8. The first-order chi connectivity index (χ1) is 12.9. The molecular formula is C19H29NO5SSi. The Hall–Kier alpha value is -1.38. The fourth-order valence-corrected chi connectivity index (χ4v) is 12.5. The maximum absolute atomic E-state index is 13.4. The molecule has 0 amide bonds. The van der Waals surface area contributed by atoms with Gasteiger partial charge in [-0.2, -0.15) is 0 Å². The molecule has 6 nitrogen and oxygen atoms in total. The summed E-state index contributed by atoms with van der Waals surface area (Å²) in [5.74, 6) is 0.562. The van der Waals surface area contributed by atoms with Crippen molar-refractivity contribution in [3.8, 4) is 0 Å². The number of esters is 1. The maximum atomic E-state index is 13.4. The highest BCUT2D eigenvalue weighted by Crippen LogP contribution is 2.54. The van der Waals surface area contributed by atoms with Gasteiger partial charge in [-0.25, -0.2) is 0 Å². The van der Waals surface area contributed by atoms with E-state index < -0.39 is 23.5 Å². The van der Waals surface area contributed by atoms with Gasteiger partial charge in [-0.15, -0.1) is 11.8 Å². The summed E-state index contributed by atoms with van der Waals surface area (Å²) in [7, 11) is -2.12. The molecule has 2 rings (SSSR count). The highest BCUT2D eigenvalue weighted by Gasteiger charge is 2.63.